The van der Waals surface area contributed by atoms with Gasteiger partial charge in [-0.1, -0.05) is 0 Å². The summed E-state index contributed by atoms with van der Waals surface area (Å²) in [5, 5.41) is 14.5. The fraction of sp³-hybridized carbons (Fsp3) is 0.385. The number of halogens is 1. The van der Waals surface area contributed by atoms with Crippen LogP contribution in [0.5, 0.6) is 0 Å². The van der Waals surface area contributed by atoms with Crippen LogP contribution in [0, 0.1) is 17.1 Å². The predicted octanol–water partition coefficient (Wildman–Crippen LogP) is 1.07. The molecule has 1 unspecified atom stereocenters. The standard InChI is InChI=1S/C13H14FN3O/c14-11-4-3-9(7-15)6-10(11)8-17-12-2-1-5-16-13(12)18/h3-4,6,12,17H,1-2,5,8H2,(H,16,18). The van der Waals surface area contributed by atoms with Crippen LogP contribution in [0.2, 0.25) is 0 Å². The second-order valence-corrected chi connectivity index (χ2v) is 4.28. The average Bonchev–Trinajstić information content (AvgIpc) is 2.39. The van der Waals surface area contributed by atoms with E-state index in [1.807, 2.05) is 6.07 Å². The maximum absolute atomic E-state index is 13.5. The van der Waals surface area contributed by atoms with E-state index in [0.29, 0.717) is 17.7 Å². The fourth-order valence-corrected chi connectivity index (χ4v) is 1.98. The molecule has 0 bridgehead atoms. The van der Waals surface area contributed by atoms with Crippen LogP contribution in [0.15, 0.2) is 18.2 Å². The van der Waals surface area contributed by atoms with Crippen molar-refractivity contribution in [3.8, 4) is 6.07 Å². The van der Waals surface area contributed by atoms with Crippen molar-refractivity contribution in [2.75, 3.05) is 6.54 Å². The summed E-state index contributed by atoms with van der Waals surface area (Å²) in [5.41, 5.74) is 0.828. The number of amides is 1. The molecule has 0 aliphatic carbocycles. The zero-order valence-electron chi connectivity index (χ0n) is 9.87. The summed E-state index contributed by atoms with van der Waals surface area (Å²) in [6.45, 7) is 0.953. The molecule has 1 aromatic rings. The summed E-state index contributed by atoms with van der Waals surface area (Å²) in [5.74, 6) is -0.407. The monoisotopic (exact) mass is 247 g/mol. The van der Waals surface area contributed by atoms with Gasteiger partial charge in [0.15, 0.2) is 0 Å². The maximum Gasteiger partial charge on any atom is 0.237 e. The van der Waals surface area contributed by atoms with Gasteiger partial charge in [-0.25, -0.2) is 4.39 Å². The van der Waals surface area contributed by atoms with Crippen LogP contribution in [0.4, 0.5) is 4.39 Å². The average molecular weight is 247 g/mol. The Hall–Kier alpha value is -1.93. The lowest BCUT2D eigenvalue weighted by Crippen LogP contribution is -2.48. The van der Waals surface area contributed by atoms with E-state index in [2.05, 4.69) is 10.6 Å². The van der Waals surface area contributed by atoms with Gasteiger partial charge in [0.25, 0.3) is 0 Å². The topological polar surface area (TPSA) is 64.9 Å². The second-order valence-electron chi connectivity index (χ2n) is 4.28. The van der Waals surface area contributed by atoms with E-state index < -0.39 is 0 Å². The molecule has 2 rings (SSSR count). The molecule has 1 heterocycles. The third kappa shape index (κ3) is 2.84. The van der Waals surface area contributed by atoms with Gasteiger partial charge in [0.2, 0.25) is 5.91 Å². The Kier molecular flexibility index (Phi) is 3.90. The third-order valence-electron chi connectivity index (χ3n) is 3.00. The van der Waals surface area contributed by atoms with Crippen molar-refractivity contribution in [1.29, 1.82) is 5.26 Å². The molecular weight excluding hydrogens is 233 g/mol. The maximum atomic E-state index is 13.5. The molecule has 18 heavy (non-hydrogen) atoms. The highest BCUT2D eigenvalue weighted by atomic mass is 19.1. The molecule has 0 radical (unpaired) electrons. The summed E-state index contributed by atoms with van der Waals surface area (Å²) in [7, 11) is 0. The van der Waals surface area contributed by atoms with Crippen LogP contribution in [0.3, 0.4) is 0 Å². The van der Waals surface area contributed by atoms with Gasteiger partial charge in [-0.2, -0.15) is 5.26 Å². The van der Waals surface area contributed by atoms with E-state index in [1.165, 1.54) is 18.2 Å². The largest absolute Gasteiger partial charge is 0.355 e. The summed E-state index contributed by atoms with van der Waals surface area (Å²) in [6.07, 6.45) is 1.68. The summed E-state index contributed by atoms with van der Waals surface area (Å²) < 4.78 is 13.5. The van der Waals surface area contributed by atoms with Crippen LogP contribution in [-0.2, 0) is 11.3 Å². The Morgan fingerprint density at radius 3 is 3.11 bits per heavy atom. The molecule has 1 saturated heterocycles. The number of benzene rings is 1. The summed E-state index contributed by atoms with van der Waals surface area (Å²) >= 11 is 0. The molecule has 4 nitrogen and oxygen atoms in total. The highest BCUT2D eigenvalue weighted by Crippen LogP contribution is 2.11. The van der Waals surface area contributed by atoms with Crippen molar-refractivity contribution in [1.82, 2.24) is 10.6 Å². The van der Waals surface area contributed by atoms with Crippen molar-refractivity contribution in [3.05, 3.63) is 35.1 Å². The fourth-order valence-electron chi connectivity index (χ4n) is 1.98. The Morgan fingerprint density at radius 2 is 2.39 bits per heavy atom. The molecule has 0 aromatic heterocycles. The van der Waals surface area contributed by atoms with Crippen molar-refractivity contribution < 1.29 is 9.18 Å². The number of piperidine rings is 1. The SMILES string of the molecule is N#Cc1ccc(F)c(CNC2CCCNC2=O)c1. The van der Waals surface area contributed by atoms with Crippen LogP contribution in [0.25, 0.3) is 0 Å². The molecule has 1 aromatic carbocycles. The Labute approximate surface area is 105 Å². The number of nitrogens with zero attached hydrogens (tertiary/aromatic N) is 1. The van der Waals surface area contributed by atoms with Crippen molar-refractivity contribution >= 4 is 5.91 Å². The van der Waals surface area contributed by atoms with Crippen molar-refractivity contribution in [2.45, 2.75) is 25.4 Å². The van der Waals surface area contributed by atoms with E-state index >= 15 is 0 Å². The van der Waals surface area contributed by atoms with Crippen molar-refractivity contribution in [3.63, 3.8) is 0 Å². The predicted molar refractivity (Wildman–Crippen MR) is 64.0 cm³/mol. The quantitative estimate of drug-likeness (QED) is 0.839. The smallest absolute Gasteiger partial charge is 0.237 e. The van der Waals surface area contributed by atoms with E-state index in [0.717, 1.165) is 12.8 Å². The lowest BCUT2D eigenvalue weighted by Gasteiger charge is -2.22. The highest BCUT2D eigenvalue weighted by molar-refractivity contribution is 5.82. The molecule has 0 saturated carbocycles. The number of nitriles is 1. The molecule has 1 aliphatic rings. The molecule has 0 spiro atoms. The van der Waals surface area contributed by atoms with Gasteiger partial charge in [0.1, 0.15) is 5.82 Å². The van der Waals surface area contributed by atoms with Gasteiger partial charge in [0, 0.05) is 18.7 Å². The Balaban J connectivity index is 2.01. The van der Waals surface area contributed by atoms with E-state index in [9.17, 15) is 9.18 Å². The third-order valence-corrected chi connectivity index (χ3v) is 3.00. The van der Waals surface area contributed by atoms with Crippen LogP contribution in [-0.4, -0.2) is 18.5 Å². The summed E-state index contributed by atoms with van der Waals surface area (Å²) in [4.78, 5) is 11.5. The van der Waals surface area contributed by atoms with Gasteiger partial charge < -0.3 is 10.6 Å². The molecule has 2 N–H and O–H groups in total. The molecule has 1 atom stereocenters. The number of carbonyl (C=O) groups excluding carboxylic acids is 1. The molecule has 1 amide bonds. The van der Waals surface area contributed by atoms with Crippen LogP contribution < -0.4 is 10.6 Å². The first-order chi connectivity index (χ1) is 8.70. The lowest BCUT2D eigenvalue weighted by molar-refractivity contribution is -0.124. The Bertz CT molecular complexity index is 495. The second kappa shape index (κ2) is 5.61. The zero-order valence-corrected chi connectivity index (χ0v) is 9.87. The number of hydrogen-bond donors (Lipinski definition) is 2. The van der Waals surface area contributed by atoms with Crippen LogP contribution in [0.1, 0.15) is 24.0 Å². The number of hydrogen-bond acceptors (Lipinski definition) is 3. The minimum Gasteiger partial charge on any atom is -0.355 e. The number of rotatable bonds is 3. The molecule has 94 valence electrons. The van der Waals surface area contributed by atoms with E-state index in [-0.39, 0.29) is 24.3 Å². The van der Waals surface area contributed by atoms with E-state index in [4.69, 9.17) is 5.26 Å². The van der Waals surface area contributed by atoms with Gasteiger partial charge in [-0.15, -0.1) is 0 Å². The Morgan fingerprint density at radius 1 is 1.56 bits per heavy atom. The number of nitrogens with one attached hydrogen (secondary N) is 2. The van der Waals surface area contributed by atoms with Crippen LogP contribution >= 0.6 is 0 Å². The number of carbonyl (C=O) groups is 1. The molecule has 1 aliphatic heterocycles. The highest BCUT2D eigenvalue weighted by Gasteiger charge is 2.21. The van der Waals surface area contributed by atoms with Gasteiger partial charge in [-0.05, 0) is 31.0 Å². The molecular formula is C13H14FN3O. The first-order valence-corrected chi connectivity index (χ1v) is 5.90. The lowest BCUT2D eigenvalue weighted by atomic mass is 10.1. The van der Waals surface area contributed by atoms with E-state index in [1.54, 1.807) is 0 Å². The minimum atomic E-state index is -0.363. The van der Waals surface area contributed by atoms with Gasteiger partial charge >= 0.3 is 0 Å². The summed E-state index contributed by atoms with van der Waals surface area (Å²) in [6, 6.07) is 5.91. The van der Waals surface area contributed by atoms with Gasteiger partial charge in [0.05, 0.1) is 17.7 Å². The van der Waals surface area contributed by atoms with Gasteiger partial charge in [-0.3, -0.25) is 4.79 Å². The first kappa shape index (κ1) is 12.5. The molecule has 5 heteroatoms. The normalized spacial score (nSPS) is 19.1. The zero-order chi connectivity index (χ0) is 13.0. The minimum absolute atomic E-state index is 0.0434. The first-order valence-electron chi connectivity index (χ1n) is 5.90. The van der Waals surface area contributed by atoms with Crippen molar-refractivity contribution in [2.24, 2.45) is 0 Å². The molecule has 1 fully saturated rings.